The fourth-order valence-electron chi connectivity index (χ4n) is 3.74. The Morgan fingerprint density at radius 3 is 2.56 bits per heavy atom. The Morgan fingerprint density at radius 1 is 1.11 bits per heavy atom. The fourth-order valence-corrected chi connectivity index (χ4v) is 3.74. The second-order valence-corrected chi connectivity index (χ2v) is 7.97. The minimum absolute atomic E-state index is 0.0317. The molecule has 0 saturated carbocycles. The van der Waals surface area contributed by atoms with E-state index in [-0.39, 0.29) is 17.7 Å². The van der Waals surface area contributed by atoms with E-state index < -0.39 is 5.41 Å². The highest BCUT2D eigenvalue weighted by Gasteiger charge is 2.38. The molecule has 0 spiro atoms. The predicted molar refractivity (Wildman–Crippen MR) is 105 cm³/mol. The van der Waals surface area contributed by atoms with E-state index in [1.807, 2.05) is 35.8 Å². The number of rotatable bonds is 4. The van der Waals surface area contributed by atoms with E-state index in [1.54, 1.807) is 6.07 Å². The van der Waals surface area contributed by atoms with Crippen LogP contribution in [0, 0.1) is 0 Å². The summed E-state index contributed by atoms with van der Waals surface area (Å²) in [6.07, 6.45) is 3.30. The number of hydrogen-bond donors (Lipinski definition) is 1. The summed E-state index contributed by atoms with van der Waals surface area (Å²) < 4.78 is 0. The first-order chi connectivity index (χ1) is 12.8. The highest BCUT2D eigenvalue weighted by Crippen LogP contribution is 2.37. The molecule has 1 aromatic rings. The molecule has 1 saturated heterocycles. The van der Waals surface area contributed by atoms with Crippen LogP contribution in [0.4, 0.5) is 5.69 Å². The van der Waals surface area contributed by atoms with Gasteiger partial charge in [-0.1, -0.05) is 13.3 Å². The zero-order valence-electron chi connectivity index (χ0n) is 16.5. The summed E-state index contributed by atoms with van der Waals surface area (Å²) in [5, 5.41) is 2.87. The molecule has 0 unspecified atom stereocenters. The molecule has 1 aromatic carbocycles. The molecule has 0 atom stereocenters. The summed E-state index contributed by atoms with van der Waals surface area (Å²) in [6.45, 7) is 8.31. The van der Waals surface area contributed by atoms with Crippen molar-refractivity contribution in [2.45, 2.75) is 51.9 Å². The molecule has 0 bridgehead atoms. The van der Waals surface area contributed by atoms with Crippen LogP contribution >= 0.6 is 0 Å². The molecule has 2 heterocycles. The first kappa shape index (κ1) is 19.4. The highest BCUT2D eigenvalue weighted by molar-refractivity contribution is 6.07. The van der Waals surface area contributed by atoms with E-state index in [0.29, 0.717) is 38.2 Å². The van der Waals surface area contributed by atoms with E-state index in [0.717, 1.165) is 30.5 Å². The number of fused-ring (bicyclic) bond motifs is 1. The molecule has 3 amide bonds. The van der Waals surface area contributed by atoms with Crippen LogP contribution in [0.25, 0.3) is 0 Å². The minimum atomic E-state index is -0.632. The van der Waals surface area contributed by atoms with Gasteiger partial charge in [0.25, 0.3) is 5.91 Å². The van der Waals surface area contributed by atoms with Gasteiger partial charge < -0.3 is 15.1 Å². The largest absolute Gasteiger partial charge is 0.341 e. The van der Waals surface area contributed by atoms with Crippen molar-refractivity contribution in [3.8, 4) is 0 Å². The van der Waals surface area contributed by atoms with E-state index in [9.17, 15) is 14.4 Å². The Bertz CT molecular complexity index is 757. The van der Waals surface area contributed by atoms with Gasteiger partial charge in [-0.3, -0.25) is 14.4 Å². The Labute approximate surface area is 160 Å². The second-order valence-electron chi connectivity index (χ2n) is 7.97. The highest BCUT2D eigenvalue weighted by atomic mass is 16.2. The van der Waals surface area contributed by atoms with Gasteiger partial charge in [-0.2, -0.15) is 0 Å². The third-order valence-electron chi connectivity index (χ3n) is 5.64. The number of amides is 3. The van der Waals surface area contributed by atoms with Crippen LogP contribution in [-0.4, -0.2) is 53.7 Å². The minimum Gasteiger partial charge on any atom is -0.341 e. The SMILES string of the molecule is CCCCC(=O)N1CCCN(C(=O)c2ccc3c(c2)C(C)(C)C(=O)N3)CC1. The van der Waals surface area contributed by atoms with E-state index in [2.05, 4.69) is 12.2 Å². The van der Waals surface area contributed by atoms with Crippen molar-refractivity contribution in [3.63, 3.8) is 0 Å². The quantitative estimate of drug-likeness (QED) is 0.885. The zero-order chi connectivity index (χ0) is 19.6. The summed E-state index contributed by atoms with van der Waals surface area (Å²) in [6, 6.07) is 5.43. The van der Waals surface area contributed by atoms with Crippen LogP contribution in [0.2, 0.25) is 0 Å². The van der Waals surface area contributed by atoms with Gasteiger partial charge in [0, 0.05) is 43.9 Å². The summed E-state index contributed by atoms with van der Waals surface area (Å²) in [7, 11) is 0. The van der Waals surface area contributed by atoms with Crippen molar-refractivity contribution < 1.29 is 14.4 Å². The Balaban J connectivity index is 1.70. The van der Waals surface area contributed by atoms with Crippen molar-refractivity contribution in [2.24, 2.45) is 0 Å². The lowest BCUT2D eigenvalue weighted by atomic mass is 9.85. The van der Waals surface area contributed by atoms with Gasteiger partial charge in [0.2, 0.25) is 11.8 Å². The Hall–Kier alpha value is -2.37. The predicted octanol–water partition coefficient (Wildman–Crippen LogP) is 2.78. The molecule has 2 aliphatic rings. The molecule has 146 valence electrons. The van der Waals surface area contributed by atoms with Crippen LogP contribution in [0.3, 0.4) is 0 Å². The molecule has 0 aromatic heterocycles. The topological polar surface area (TPSA) is 69.7 Å². The van der Waals surface area contributed by atoms with Crippen LogP contribution in [0.1, 0.15) is 62.4 Å². The molecule has 0 radical (unpaired) electrons. The molecule has 1 fully saturated rings. The zero-order valence-corrected chi connectivity index (χ0v) is 16.5. The number of nitrogens with one attached hydrogen (secondary N) is 1. The molecule has 0 aliphatic carbocycles. The van der Waals surface area contributed by atoms with Gasteiger partial charge in [-0.15, -0.1) is 0 Å². The van der Waals surface area contributed by atoms with Crippen LogP contribution < -0.4 is 5.32 Å². The smallest absolute Gasteiger partial charge is 0.253 e. The van der Waals surface area contributed by atoms with Crippen LogP contribution in [0.5, 0.6) is 0 Å². The lowest BCUT2D eigenvalue weighted by Crippen LogP contribution is -2.37. The summed E-state index contributed by atoms with van der Waals surface area (Å²) in [4.78, 5) is 41.1. The van der Waals surface area contributed by atoms with Crippen molar-refractivity contribution in [2.75, 3.05) is 31.5 Å². The fraction of sp³-hybridized carbons (Fsp3) is 0.571. The van der Waals surface area contributed by atoms with E-state index in [4.69, 9.17) is 0 Å². The average Bonchev–Trinajstić information content (AvgIpc) is 2.83. The van der Waals surface area contributed by atoms with Gasteiger partial charge in [0.1, 0.15) is 0 Å². The Morgan fingerprint density at radius 2 is 1.81 bits per heavy atom. The van der Waals surface area contributed by atoms with Gasteiger partial charge in [0.05, 0.1) is 5.41 Å². The molecular weight excluding hydrogens is 342 g/mol. The number of anilines is 1. The third-order valence-corrected chi connectivity index (χ3v) is 5.64. The third kappa shape index (κ3) is 3.84. The molecular formula is C21H29N3O3. The first-order valence-electron chi connectivity index (χ1n) is 9.87. The number of benzene rings is 1. The number of nitrogens with zero attached hydrogens (tertiary/aromatic N) is 2. The number of unbranched alkanes of at least 4 members (excludes halogenated alkanes) is 1. The number of carbonyl (C=O) groups is 3. The molecule has 6 heteroatoms. The number of carbonyl (C=O) groups excluding carboxylic acids is 3. The van der Waals surface area contributed by atoms with Crippen molar-refractivity contribution >= 4 is 23.4 Å². The van der Waals surface area contributed by atoms with Gasteiger partial charge in [0.15, 0.2) is 0 Å². The lowest BCUT2D eigenvalue weighted by molar-refractivity contribution is -0.131. The maximum atomic E-state index is 13.0. The normalized spacial score (nSPS) is 18.7. The molecule has 3 rings (SSSR count). The average molecular weight is 371 g/mol. The lowest BCUT2D eigenvalue weighted by Gasteiger charge is -2.23. The van der Waals surface area contributed by atoms with E-state index >= 15 is 0 Å². The summed E-state index contributed by atoms with van der Waals surface area (Å²) >= 11 is 0. The Kier molecular flexibility index (Phi) is 5.53. The second kappa shape index (κ2) is 7.71. The summed E-state index contributed by atoms with van der Waals surface area (Å²) in [5.74, 6) is 0.115. The maximum Gasteiger partial charge on any atom is 0.253 e. The van der Waals surface area contributed by atoms with Gasteiger partial charge in [-0.25, -0.2) is 0 Å². The van der Waals surface area contributed by atoms with Gasteiger partial charge >= 0.3 is 0 Å². The molecule has 6 nitrogen and oxygen atoms in total. The monoisotopic (exact) mass is 371 g/mol. The molecule has 2 aliphatic heterocycles. The maximum absolute atomic E-state index is 13.0. The van der Waals surface area contributed by atoms with Crippen molar-refractivity contribution in [1.29, 1.82) is 0 Å². The number of hydrogen-bond acceptors (Lipinski definition) is 3. The van der Waals surface area contributed by atoms with Crippen molar-refractivity contribution in [3.05, 3.63) is 29.3 Å². The van der Waals surface area contributed by atoms with Gasteiger partial charge in [-0.05, 0) is 50.5 Å². The standard InChI is InChI=1S/C21H29N3O3/c1-4-5-7-18(25)23-10-6-11-24(13-12-23)19(26)15-8-9-17-16(14-15)21(2,3)20(27)22-17/h8-9,14H,4-7,10-13H2,1-3H3,(H,22,27). The molecule has 1 N–H and O–H groups in total. The van der Waals surface area contributed by atoms with Crippen LogP contribution in [-0.2, 0) is 15.0 Å². The first-order valence-corrected chi connectivity index (χ1v) is 9.87. The summed E-state index contributed by atoms with van der Waals surface area (Å²) in [5.41, 5.74) is 1.62. The van der Waals surface area contributed by atoms with Crippen molar-refractivity contribution in [1.82, 2.24) is 9.80 Å². The van der Waals surface area contributed by atoms with Crippen LogP contribution in [0.15, 0.2) is 18.2 Å². The molecule has 27 heavy (non-hydrogen) atoms. The van der Waals surface area contributed by atoms with E-state index in [1.165, 1.54) is 0 Å².